The maximum absolute atomic E-state index is 12.3. The van der Waals surface area contributed by atoms with Gasteiger partial charge in [-0.15, -0.1) is 0 Å². The zero-order valence-corrected chi connectivity index (χ0v) is 20.1. The lowest BCUT2D eigenvalue weighted by Gasteiger charge is -2.18. The second-order valence-electron chi connectivity index (χ2n) is 9.35. The third-order valence-corrected chi connectivity index (χ3v) is 6.54. The molecule has 0 bridgehead atoms. The van der Waals surface area contributed by atoms with E-state index in [1.165, 1.54) is 21.2 Å². The maximum atomic E-state index is 12.3. The highest BCUT2D eigenvalue weighted by Crippen LogP contribution is 2.39. The molecular weight excluding hydrogens is 454 g/mol. The summed E-state index contributed by atoms with van der Waals surface area (Å²) >= 11 is 3.84. The lowest BCUT2D eigenvalue weighted by atomic mass is 9.93. The van der Waals surface area contributed by atoms with E-state index in [1.54, 1.807) is 0 Å². The van der Waals surface area contributed by atoms with Crippen LogP contribution in [0.2, 0.25) is 0 Å². The normalized spacial score (nSPS) is 19.0. The number of esters is 1. The van der Waals surface area contributed by atoms with Crippen molar-refractivity contribution in [3.05, 3.63) is 63.6 Å². The van der Waals surface area contributed by atoms with Crippen LogP contribution in [0.15, 0.2) is 46.9 Å². The molecule has 164 valence electrons. The van der Waals surface area contributed by atoms with Gasteiger partial charge in [0.15, 0.2) is 0 Å². The Hall–Kier alpha value is -2.11. The van der Waals surface area contributed by atoms with E-state index >= 15 is 0 Å². The van der Waals surface area contributed by atoms with E-state index in [1.807, 2.05) is 32.9 Å². The number of rotatable bonds is 4. The molecule has 2 aliphatic rings. The summed E-state index contributed by atoms with van der Waals surface area (Å²) in [6, 6.07) is 14.4. The van der Waals surface area contributed by atoms with Gasteiger partial charge in [-0.3, -0.25) is 4.79 Å². The second-order valence-corrected chi connectivity index (χ2v) is 10.3. The molecule has 0 amide bonds. The van der Waals surface area contributed by atoms with E-state index in [0.29, 0.717) is 5.75 Å². The number of carbonyl (C=O) groups is 1. The van der Waals surface area contributed by atoms with E-state index in [4.69, 9.17) is 9.47 Å². The number of fused-ring (bicyclic) bond motifs is 1. The average Bonchev–Trinajstić information content (AvgIpc) is 3.17. The van der Waals surface area contributed by atoms with Gasteiger partial charge in [0.1, 0.15) is 17.6 Å². The van der Waals surface area contributed by atoms with E-state index in [9.17, 15) is 4.79 Å². The molecule has 1 aliphatic heterocycles. The minimum Gasteiger partial charge on any atom is -0.489 e. The molecule has 2 aromatic carbocycles. The number of nitrogens with one attached hydrogen (secondary N) is 1. The van der Waals surface area contributed by atoms with Crippen LogP contribution < -0.4 is 14.8 Å². The van der Waals surface area contributed by atoms with Crippen molar-refractivity contribution >= 4 is 27.5 Å². The Morgan fingerprint density at radius 3 is 2.48 bits per heavy atom. The fraction of sp³-hybridized carbons (Fsp3) is 0.423. The predicted molar refractivity (Wildman–Crippen MR) is 128 cm³/mol. The highest BCUT2D eigenvalue weighted by atomic mass is 79.9. The van der Waals surface area contributed by atoms with Crippen molar-refractivity contribution in [2.45, 2.75) is 52.6 Å². The Kier molecular flexibility index (Phi) is 6.54. The number of carbonyl (C=O) groups excluding carboxylic acids is 1. The van der Waals surface area contributed by atoms with Gasteiger partial charge in [0.05, 0.1) is 5.41 Å². The first-order valence-electron chi connectivity index (χ1n) is 11.0. The molecule has 4 nitrogen and oxygen atoms in total. The molecule has 2 aromatic rings. The van der Waals surface area contributed by atoms with Gasteiger partial charge in [-0.25, -0.2) is 0 Å². The van der Waals surface area contributed by atoms with Crippen LogP contribution in [0, 0.1) is 5.41 Å². The van der Waals surface area contributed by atoms with E-state index in [-0.39, 0.29) is 12.1 Å². The van der Waals surface area contributed by atoms with Crippen molar-refractivity contribution in [1.82, 2.24) is 5.32 Å². The van der Waals surface area contributed by atoms with Crippen LogP contribution in [0.1, 0.15) is 56.7 Å². The highest BCUT2D eigenvalue weighted by Gasteiger charge is 2.25. The minimum absolute atomic E-state index is 0.217. The molecule has 1 heterocycles. The third kappa shape index (κ3) is 5.21. The topological polar surface area (TPSA) is 47.6 Å². The predicted octanol–water partition coefficient (Wildman–Crippen LogP) is 5.87. The lowest BCUT2D eigenvalue weighted by molar-refractivity contribution is -0.143. The van der Waals surface area contributed by atoms with Crippen LogP contribution in [0.25, 0.3) is 5.57 Å². The van der Waals surface area contributed by atoms with Gasteiger partial charge in [0.2, 0.25) is 0 Å². The monoisotopic (exact) mass is 483 g/mol. The van der Waals surface area contributed by atoms with Crippen LogP contribution in [0.5, 0.6) is 11.5 Å². The van der Waals surface area contributed by atoms with Crippen LogP contribution in [0.3, 0.4) is 0 Å². The molecule has 0 saturated carbocycles. The second kappa shape index (κ2) is 9.17. The Morgan fingerprint density at radius 2 is 1.81 bits per heavy atom. The first-order chi connectivity index (χ1) is 14.8. The van der Waals surface area contributed by atoms with Crippen LogP contribution in [0.4, 0.5) is 0 Å². The van der Waals surface area contributed by atoms with E-state index in [2.05, 4.69) is 51.6 Å². The van der Waals surface area contributed by atoms with Gasteiger partial charge in [0, 0.05) is 11.0 Å². The van der Waals surface area contributed by atoms with Gasteiger partial charge in [-0.1, -0.05) is 34.1 Å². The quantitative estimate of drug-likeness (QED) is 0.436. The van der Waals surface area contributed by atoms with Gasteiger partial charge in [-0.2, -0.15) is 0 Å². The van der Waals surface area contributed by atoms with E-state index < -0.39 is 5.41 Å². The molecule has 4 rings (SSSR count). The standard InChI is InChI=1S/C26H30BrNO3/c1-26(2,3)25(29)31-20-11-12-22-18(15-20)5-4-6-23(27)24(22)17-7-9-19(10-8-17)30-21-13-14-28-16-21/h7-12,15,21,28H,4-6,13-14,16H2,1-3H3. The highest BCUT2D eigenvalue weighted by molar-refractivity contribution is 9.11. The molecule has 5 heteroatoms. The number of hydrogen-bond donors (Lipinski definition) is 1. The molecule has 1 saturated heterocycles. The van der Waals surface area contributed by atoms with E-state index in [0.717, 1.165) is 50.1 Å². The SMILES string of the molecule is CC(C)(C)C(=O)Oc1ccc2c(c1)CCCC(Br)=C2c1ccc(OC2CCNC2)cc1. The summed E-state index contributed by atoms with van der Waals surface area (Å²) in [5.41, 5.74) is 4.23. The fourth-order valence-electron chi connectivity index (χ4n) is 3.98. The minimum atomic E-state index is -0.529. The molecule has 1 N–H and O–H groups in total. The molecule has 0 aromatic heterocycles. The summed E-state index contributed by atoms with van der Waals surface area (Å²) in [7, 11) is 0. The molecule has 0 spiro atoms. The molecule has 31 heavy (non-hydrogen) atoms. The Balaban J connectivity index is 1.60. The van der Waals surface area contributed by atoms with Crippen LogP contribution >= 0.6 is 15.9 Å². The average molecular weight is 484 g/mol. The maximum Gasteiger partial charge on any atom is 0.316 e. The van der Waals surface area contributed by atoms with Gasteiger partial charge >= 0.3 is 5.97 Å². The summed E-state index contributed by atoms with van der Waals surface area (Å²) in [5, 5.41) is 3.33. The number of benzene rings is 2. The molecule has 0 radical (unpaired) electrons. The summed E-state index contributed by atoms with van der Waals surface area (Å²) in [6.45, 7) is 7.54. The fourth-order valence-corrected chi connectivity index (χ4v) is 4.71. The number of ether oxygens (including phenoxy) is 2. The number of allylic oxidation sites excluding steroid dienone is 1. The smallest absolute Gasteiger partial charge is 0.316 e. The third-order valence-electron chi connectivity index (χ3n) is 5.74. The Labute approximate surface area is 193 Å². The molecule has 1 unspecified atom stereocenters. The molecule has 1 atom stereocenters. The first-order valence-corrected chi connectivity index (χ1v) is 11.8. The van der Waals surface area contributed by atoms with Crippen LogP contribution in [-0.4, -0.2) is 25.2 Å². The van der Waals surface area contributed by atoms with Crippen LogP contribution in [-0.2, 0) is 11.2 Å². The summed E-state index contributed by atoms with van der Waals surface area (Å²) in [5.74, 6) is 1.31. The Bertz CT molecular complexity index is 983. The Morgan fingerprint density at radius 1 is 1.06 bits per heavy atom. The zero-order valence-electron chi connectivity index (χ0n) is 18.5. The van der Waals surface area contributed by atoms with Crippen molar-refractivity contribution in [3.8, 4) is 11.5 Å². The van der Waals surface area contributed by atoms with Crippen molar-refractivity contribution < 1.29 is 14.3 Å². The van der Waals surface area contributed by atoms with Crippen molar-refractivity contribution in [2.75, 3.05) is 13.1 Å². The molecular formula is C26H30BrNO3. The van der Waals surface area contributed by atoms with Gasteiger partial charge < -0.3 is 14.8 Å². The number of halogens is 1. The van der Waals surface area contributed by atoms with Gasteiger partial charge in [0.25, 0.3) is 0 Å². The van der Waals surface area contributed by atoms with Crippen molar-refractivity contribution in [1.29, 1.82) is 0 Å². The number of aryl methyl sites for hydroxylation is 1. The summed E-state index contributed by atoms with van der Waals surface area (Å²) in [6.07, 6.45) is 4.28. The molecule has 1 aliphatic carbocycles. The molecule has 1 fully saturated rings. The first kappa shape index (κ1) is 22.1. The van der Waals surface area contributed by atoms with Crippen molar-refractivity contribution in [3.63, 3.8) is 0 Å². The zero-order chi connectivity index (χ0) is 22.0. The van der Waals surface area contributed by atoms with Crippen molar-refractivity contribution in [2.24, 2.45) is 5.41 Å². The summed E-state index contributed by atoms with van der Waals surface area (Å²) in [4.78, 5) is 12.3. The number of hydrogen-bond acceptors (Lipinski definition) is 4. The van der Waals surface area contributed by atoms with Gasteiger partial charge in [-0.05, 0) is 99.5 Å². The lowest BCUT2D eigenvalue weighted by Crippen LogP contribution is -2.25. The summed E-state index contributed by atoms with van der Waals surface area (Å²) < 4.78 is 12.9. The largest absolute Gasteiger partial charge is 0.489 e.